The summed E-state index contributed by atoms with van der Waals surface area (Å²) in [6.45, 7) is 7.15. The zero-order chi connectivity index (χ0) is 24.0. The molecule has 1 heterocycles. The molecule has 33 heavy (non-hydrogen) atoms. The Hall–Kier alpha value is -3.11. The first-order valence-corrected chi connectivity index (χ1v) is 12.3. The molecule has 1 fully saturated rings. The third-order valence-corrected chi connectivity index (χ3v) is 7.12. The van der Waals surface area contributed by atoms with Gasteiger partial charge in [-0.3, -0.25) is 9.59 Å². The summed E-state index contributed by atoms with van der Waals surface area (Å²) in [5.74, 6) is 0.521. The van der Waals surface area contributed by atoms with Crippen LogP contribution in [0.3, 0.4) is 0 Å². The monoisotopic (exact) mass is 475 g/mol. The van der Waals surface area contributed by atoms with E-state index in [-0.39, 0.29) is 29.5 Å². The number of ether oxygens (including phenoxy) is 2. The number of rotatable bonds is 8. The Morgan fingerprint density at radius 1 is 0.970 bits per heavy atom. The second-order valence-electron chi connectivity index (χ2n) is 7.42. The Morgan fingerprint density at radius 2 is 1.67 bits per heavy atom. The Labute approximate surface area is 194 Å². The smallest absolute Gasteiger partial charge is 0.255 e. The van der Waals surface area contributed by atoms with E-state index < -0.39 is 15.9 Å². The van der Waals surface area contributed by atoms with Crippen LogP contribution >= 0.6 is 0 Å². The van der Waals surface area contributed by atoms with Crippen molar-refractivity contribution < 1.29 is 27.5 Å². The van der Waals surface area contributed by atoms with E-state index in [1.54, 1.807) is 29.2 Å². The largest absolute Gasteiger partial charge is 0.494 e. The molecule has 9 nitrogen and oxygen atoms in total. The van der Waals surface area contributed by atoms with E-state index >= 15 is 0 Å². The van der Waals surface area contributed by atoms with E-state index in [2.05, 4.69) is 5.32 Å². The number of nitrogens with zero attached hydrogens (tertiary/aromatic N) is 2. The van der Waals surface area contributed by atoms with Gasteiger partial charge in [-0.1, -0.05) is 6.07 Å². The zero-order valence-corrected chi connectivity index (χ0v) is 19.9. The number of hydrogen-bond donors (Lipinski definition) is 1. The number of anilines is 1. The molecule has 1 aliphatic rings. The van der Waals surface area contributed by atoms with Crippen molar-refractivity contribution in [1.29, 1.82) is 0 Å². The first-order chi connectivity index (χ1) is 15.8. The lowest BCUT2D eigenvalue weighted by molar-refractivity contribution is -0.129. The van der Waals surface area contributed by atoms with Crippen LogP contribution in [0.25, 0.3) is 0 Å². The average Bonchev–Trinajstić information content (AvgIpc) is 2.81. The lowest BCUT2D eigenvalue weighted by Gasteiger charge is -2.33. The van der Waals surface area contributed by atoms with Crippen molar-refractivity contribution >= 4 is 27.5 Å². The minimum Gasteiger partial charge on any atom is -0.494 e. The van der Waals surface area contributed by atoms with E-state index in [0.29, 0.717) is 43.5 Å². The fourth-order valence-electron chi connectivity index (χ4n) is 3.53. The lowest BCUT2D eigenvalue weighted by atomic mass is 10.2. The van der Waals surface area contributed by atoms with Crippen molar-refractivity contribution in [2.24, 2.45) is 0 Å². The Morgan fingerprint density at radius 3 is 2.30 bits per heavy atom. The molecule has 0 radical (unpaired) electrons. The third kappa shape index (κ3) is 5.82. The maximum absolute atomic E-state index is 13.1. The molecule has 0 unspecified atom stereocenters. The van der Waals surface area contributed by atoms with E-state index in [1.165, 1.54) is 29.4 Å². The van der Waals surface area contributed by atoms with Crippen molar-refractivity contribution in [3.63, 3.8) is 0 Å². The molecule has 2 aromatic carbocycles. The Kier molecular flexibility index (Phi) is 7.93. The number of carbonyl (C=O) groups is 2. The van der Waals surface area contributed by atoms with Crippen LogP contribution in [0.4, 0.5) is 5.69 Å². The molecule has 2 aromatic rings. The molecule has 0 saturated carbocycles. The summed E-state index contributed by atoms with van der Waals surface area (Å²) >= 11 is 0. The summed E-state index contributed by atoms with van der Waals surface area (Å²) < 4.78 is 38.6. The standard InChI is InChI=1S/C23H29N3O6S/c1-4-31-19-9-10-22(32-5-2)21(16-19)24-23(28)18-7-6-8-20(15-18)33(29,30)26-13-11-25(12-14-26)17(3)27/h6-10,15-16H,4-5,11-14H2,1-3H3,(H,24,28). The molecule has 10 heteroatoms. The number of amides is 2. The van der Waals surface area contributed by atoms with Gasteiger partial charge in [-0.25, -0.2) is 8.42 Å². The topological polar surface area (TPSA) is 105 Å². The summed E-state index contributed by atoms with van der Waals surface area (Å²) in [5.41, 5.74) is 0.629. The SMILES string of the molecule is CCOc1ccc(OCC)c(NC(=O)c2cccc(S(=O)(=O)N3CCN(C(C)=O)CC3)c2)c1. The molecular formula is C23H29N3O6S. The van der Waals surface area contributed by atoms with Crippen molar-refractivity contribution in [1.82, 2.24) is 9.21 Å². The van der Waals surface area contributed by atoms with E-state index in [9.17, 15) is 18.0 Å². The predicted octanol–water partition coefficient (Wildman–Crippen LogP) is 2.59. The van der Waals surface area contributed by atoms with Gasteiger partial charge in [0.1, 0.15) is 11.5 Å². The molecular weight excluding hydrogens is 446 g/mol. The maximum Gasteiger partial charge on any atom is 0.255 e. The van der Waals surface area contributed by atoms with Crippen LogP contribution in [0.15, 0.2) is 47.4 Å². The molecule has 0 aromatic heterocycles. The van der Waals surface area contributed by atoms with Gasteiger partial charge in [0, 0.05) is 44.7 Å². The van der Waals surface area contributed by atoms with Gasteiger partial charge in [0.2, 0.25) is 15.9 Å². The fourth-order valence-corrected chi connectivity index (χ4v) is 5.00. The van der Waals surface area contributed by atoms with Gasteiger partial charge in [0.05, 0.1) is 23.8 Å². The van der Waals surface area contributed by atoms with Crippen molar-refractivity contribution in [3.05, 3.63) is 48.0 Å². The molecule has 1 N–H and O–H groups in total. The molecule has 1 saturated heterocycles. The Balaban J connectivity index is 1.80. The minimum atomic E-state index is -3.80. The fraction of sp³-hybridized carbons (Fsp3) is 0.391. The highest BCUT2D eigenvalue weighted by Gasteiger charge is 2.29. The van der Waals surface area contributed by atoms with E-state index in [1.807, 2.05) is 13.8 Å². The summed E-state index contributed by atoms with van der Waals surface area (Å²) in [6.07, 6.45) is 0. The zero-order valence-electron chi connectivity index (χ0n) is 19.0. The number of nitrogens with one attached hydrogen (secondary N) is 1. The molecule has 1 aliphatic heterocycles. The van der Waals surface area contributed by atoms with Crippen LogP contribution in [-0.2, 0) is 14.8 Å². The summed E-state index contributed by atoms with van der Waals surface area (Å²) in [4.78, 5) is 26.1. The van der Waals surface area contributed by atoms with Gasteiger partial charge in [-0.15, -0.1) is 0 Å². The predicted molar refractivity (Wildman–Crippen MR) is 124 cm³/mol. The highest BCUT2D eigenvalue weighted by molar-refractivity contribution is 7.89. The van der Waals surface area contributed by atoms with Gasteiger partial charge in [-0.2, -0.15) is 4.31 Å². The molecule has 0 atom stereocenters. The molecule has 2 amide bonds. The van der Waals surface area contributed by atoms with Gasteiger partial charge < -0.3 is 19.7 Å². The molecule has 0 bridgehead atoms. The second-order valence-corrected chi connectivity index (χ2v) is 9.35. The number of benzene rings is 2. The van der Waals surface area contributed by atoms with E-state index in [4.69, 9.17) is 9.47 Å². The minimum absolute atomic E-state index is 0.0273. The van der Waals surface area contributed by atoms with Gasteiger partial charge in [-0.05, 0) is 44.2 Å². The van der Waals surface area contributed by atoms with Crippen LogP contribution < -0.4 is 14.8 Å². The highest BCUT2D eigenvalue weighted by Crippen LogP contribution is 2.30. The summed E-state index contributed by atoms with van der Waals surface area (Å²) in [6, 6.07) is 11.0. The number of carbonyl (C=O) groups excluding carboxylic acids is 2. The second kappa shape index (κ2) is 10.7. The molecule has 178 valence electrons. The van der Waals surface area contributed by atoms with Gasteiger partial charge in [0.25, 0.3) is 5.91 Å². The van der Waals surface area contributed by atoms with Gasteiger partial charge >= 0.3 is 0 Å². The Bertz CT molecular complexity index is 1110. The summed E-state index contributed by atoms with van der Waals surface area (Å²) in [5, 5.41) is 2.79. The first kappa shape index (κ1) is 24.5. The van der Waals surface area contributed by atoms with Gasteiger partial charge in [0.15, 0.2) is 0 Å². The quantitative estimate of drug-likeness (QED) is 0.629. The third-order valence-electron chi connectivity index (χ3n) is 5.23. The first-order valence-electron chi connectivity index (χ1n) is 10.8. The van der Waals surface area contributed by atoms with Crippen LogP contribution in [0.5, 0.6) is 11.5 Å². The highest BCUT2D eigenvalue weighted by atomic mass is 32.2. The summed E-state index contributed by atoms with van der Waals surface area (Å²) in [7, 11) is -3.80. The van der Waals surface area contributed by atoms with Crippen LogP contribution in [-0.4, -0.2) is 68.8 Å². The molecule has 3 rings (SSSR count). The number of sulfonamides is 1. The normalized spacial score (nSPS) is 14.6. The van der Waals surface area contributed by atoms with Crippen LogP contribution in [0.1, 0.15) is 31.1 Å². The average molecular weight is 476 g/mol. The maximum atomic E-state index is 13.1. The van der Waals surface area contributed by atoms with Crippen molar-refractivity contribution in [2.75, 3.05) is 44.7 Å². The lowest BCUT2D eigenvalue weighted by Crippen LogP contribution is -2.49. The van der Waals surface area contributed by atoms with Crippen molar-refractivity contribution in [2.45, 2.75) is 25.7 Å². The number of piperazine rings is 1. The van der Waals surface area contributed by atoms with E-state index in [0.717, 1.165) is 0 Å². The van der Waals surface area contributed by atoms with Crippen LogP contribution in [0.2, 0.25) is 0 Å². The van der Waals surface area contributed by atoms with Crippen molar-refractivity contribution in [3.8, 4) is 11.5 Å². The molecule has 0 spiro atoms. The van der Waals surface area contributed by atoms with Crippen LogP contribution in [0, 0.1) is 0 Å². The molecule has 0 aliphatic carbocycles. The number of hydrogen-bond acceptors (Lipinski definition) is 6.